The highest BCUT2D eigenvalue weighted by atomic mass is 32.1. The molecule has 1 heterocycles. The van der Waals surface area contributed by atoms with E-state index in [1.165, 1.54) is 11.3 Å². The number of nitrogens with one attached hydrogen (secondary N) is 1. The van der Waals surface area contributed by atoms with E-state index in [-0.39, 0.29) is 5.91 Å². The average Bonchev–Trinajstić information content (AvgIpc) is 2.75. The topological polar surface area (TPSA) is 109 Å². The molecule has 0 saturated carbocycles. The van der Waals surface area contributed by atoms with Crippen molar-refractivity contribution < 1.29 is 19.5 Å². The SMILES string of the molecule is CC1=C(C)C[C@@H](C(=O)O)[C@@H](C(=O)Nc2sc(C)c(C)c2C(N)=O)C1. The van der Waals surface area contributed by atoms with Crippen LogP contribution in [0.1, 0.15) is 47.5 Å². The van der Waals surface area contributed by atoms with Crippen molar-refractivity contribution in [2.24, 2.45) is 17.6 Å². The highest BCUT2D eigenvalue weighted by Gasteiger charge is 2.37. The summed E-state index contributed by atoms with van der Waals surface area (Å²) in [7, 11) is 0. The lowest BCUT2D eigenvalue weighted by molar-refractivity contribution is -0.146. The maximum atomic E-state index is 12.7. The van der Waals surface area contributed by atoms with Crippen molar-refractivity contribution in [1.29, 1.82) is 0 Å². The van der Waals surface area contributed by atoms with E-state index in [4.69, 9.17) is 5.73 Å². The Balaban J connectivity index is 2.31. The minimum Gasteiger partial charge on any atom is -0.481 e. The molecule has 1 aliphatic rings. The van der Waals surface area contributed by atoms with E-state index in [1.807, 2.05) is 20.8 Å². The Morgan fingerprint density at radius 1 is 1.08 bits per heavy atom. The quantitative estimate of drug-likeness (QED) is 0.725. The second-order valence-corrected chi connectivity index (χ2v) is 7.59. The van der Waals surface area contributed by atoms with Crippen LogP contribution in [-0.2, 0) is 9.59 Å². The predicted octanol–water partition coefficient (Wildman–Crippen LogP) is 2.85. The fourth-order valence-electron chi connectivity index (χ4n) is 3.04. The zero-order valence-electron chi connectivity index (χ0n) is 14.2. The van der Waals surface area contributed by atoms with Crippen LogP contribution in [0.3, 0.4) is 0 Å². The largest absolute Gasteiger partial charge is 0.481 e. The number of hydrogen-bond acceptors (Lipinski definition) is 4. The van der Waals surface area contributed by atoms with Gasteiger partial charge in [-0.2, -0.15) is 0 Å². The predicted molar refractivity (Wildman–Crippen MR) is 93.2 cm³/mol. The Morgan fingerprint density at radius 2 is 1.62 bits per heavy atom. The first kappa shape index (κ1) is 18.2. The van der Waals surface area contributed by atoms with Gasteiger partial charge in [-0.25, -0.2) is 0 Å². The van der Waals surface area contributed by atoms with Gasteiger partial charge in [0, 0.05) is 4.88 Å². The molecule has 1 aromatic heterocycles. The zero-order valence-corrected chi connectivity index (χ0v) is 15.0. The third kappa shape index (κ3) is 3.36. The third-order valence-corrected chi connectivity index (χ3v) is 5.91. The number of carboxylic acid groups (broad SMARTS) is 1. The van der Waals surface area contributed by atoms with Gasteiger partial charge in [0.05, 0.1) is 17.4 Å². The van der Waals surface area contributed by atoms with Crippen LogP contribution in [0, 0.1) is 25.7 Å². The van der Waals surface area contributed by atoms with E-state index >= 15 is 0 Å². The Labute approximate surface area is 144 Å². The molecule has 0 aliphatic heterocycles. The summed E-state index contributed by atoms with van der Waals surface area (Å²) in [6.07, 6.45) is 0.772. The van der Waals surface area contributed by atoms with Gasteiger partial charge in [0.15, 0.2) is 0 Å². The lowest BCUT2D eigenvalue weighted by atomic mass is 9.76. The Morgan fingerprint density at radius 3 is 2.12 bits per heavy atom. The Kier molecular flexibility index (Phi) is 5.13. The summed E-state index contributed by atoms with van der Waals surface area (Å²) in [5, 5.41) is 12.6. The van der Waals surface area contributed by atoms with E-state index in [9.17, 15) is 19.5 Å². The number of allylic oxidation sites excluding steroid dienone is 2. The van der Waals surface area contributed by atoms with Gasteiger partial charge in [0.25, 0.3) is 5.91 Å². The first-order valence-electron chi connectivity index (χ1n) is 7.72. The number of primary amides is 1. The number of hydrogen-bond donors (Lipinski definition) is 3. The van der Waals surface area contributed by atoms with E-state index in [0.717, 1.165) is 21.6 Å². The molecule has 0 radical (unpaired) electrons. The normalized spacial score (nSPS) is 20.8. The van der Waals surface area contributed by atoms with Gasteiger partial charge >= 0.3 is 5.97 Å². The van der Waals surface area contributed by atoms with E-state index in [0.29, 0.717) is 23.4 Å². The van der Waals surface area contributed by atoms with Crippen LogP contribution in [0.4, 0.5) is 5.00 Å². The summed E-state index contributed by atoms with van der Waals surface area (Å²) in [5.74, 6) is -3.37. The molecule has 4 N–H and O–H groups in total. The number of amides is 2. The number of aryl methyl sites for hydroxylation is 1. The Hall–Kier alpha value is -2.15. The number of carbonyl (C=O) groups excluding carboxylic acids is 2. The number of aliphatic carboxylic acids is 1. The smallest absolute Gasteiger partial charge is 0.307 e. The van der Waals surface area contributed by atoms with Gasteiger partial charge in [-0.1, -0.05) is 11.1 Å². The minimum atomic E-state index is -0.976. The van der Waals surface area contributed by atoms with Crippen molar-refractivity contribution >= 4 is 34.1 Å². The fraction of sp³-hybridized carbons (Fsp3) is 0.471. The molecule has 0 fully saturated rings. The second-order valence-electron chi connectivity index (χ2n) is 6.36. The van der Waals surface area contributed by atoms with E-state index < -0.39 is 23.7 Å². The molecule has 7 heteroatoms. The maximum Gasteiger partial charge on any atom is 0.307 e. The van der Waals surface area contributed by atoms with Crippen molar-refractivity contribution in [2.75, 3.05) is 5.32 Å². The van der Waals surface area contributed by atoms with Crippen LogP contribution in [0.5, 0.6) is 0 Å². The third-order valence-electron chi connectivity index (χ3n) is 4.79. The summed E-state index contributed by atoms with van der Waals surface area (Å²) in [6.45, 7) is 7.44. The number of anilines is 1. The highest BCUT2D eigenvalue weighted by Crippen LogP contribution is 2.37. The molecule has 0 bridgehead atoms. The van der Waals surface area contributed by atoms with Gasteiger partial charge in [-0.05, 0) is 46.1 Å². The number of rotatable bonds is 4. The Bertz CT molecular complexity index is 748. The monoisotopic (exact) mass is 350 g/mol. The minimum absolute atomic E-state index is 0.303. The summed E-state index contributed by atoms with van der Waals surface area (Å²) < 4.78 is 0. The lowest BCUT2D eigenvalue weighted by Gasteiger charge is -2.29. The molecule has 2 atom stereocenters. The summed E-state index contributed by atoms with van der Waals surface area (Å²) in [5.41, 5.74) is 8.52. The van der Waals surface area contributed by atoms with Crippen molar-refractivity contribution in [3.8, 4) is 0 Å². The van der Waals surface area contributed by atoms with E-state index in [2.05, 4.69) is 5.32 Å². The molecular weight excluding hydrogens is 328 g/mol. The number of nitrogens with two attached hydrogens (primary N) is 1. The first-order chi connectivity index (χ1) is 11.1. The molecule has 2 amide bonds. The molecule has 0 saturated heterocycles. The van der Waals surface area contributed by atoms with Gasteiger partial charge in [-0.15, -0.1) is 11.3 Å². The summed E-state index contributed by atoms with van der Waals surface area (Å²) in [4.78, 5) is 36.8. The van der Waals surface area contributed by atoms with E-state index in [1.54, 1.807) is 6.92 Å². The second kappa shape index (κ2) is 6.76. The molecule has 130 valence electrons. The average molecular weight is 350 g/mol. The van der Waals surface area contributed by atoms with Gasteiger partial charge in [-0.3, -0.25) is 14.4 Å². The molecule has 1 aliphatic carbocycles. The zero-order chi connectivity index (χ0) is 18.2. The molecule has 2 rings (SSSR count). The van der Waals surface area contributed by atoms with Crippen LogP contribution in [0.25, 0.3) is 0 Å². The number of carbonyl (C=O) groups is 3. The van der Waals surface area contributed by atoms with Crippen molar-refractivity contribution in [2.45, 2.75) is 40.5 Å². The first-order valence-corrected chi connectivity index (χ1v) is 8.53. The maximum absolute atomic E-state index is 12.7. The van der Waals surface area contributed by atoms with Gasteiger partial charge < -0.3 is 16.2 Å². The highest BCUT2D eigenvalue weighted by molar-refractivity contribution is 7.16. The lowest BCUT2D eigenvalue weighted by Crippen LogP contribution is -2.36. The number of thiophene rings is 1. The summed E-state index contributed by atoms with van der Waals surface area (Å²) >= 11 is 1.28. The van der Waals surface area contributed by atoms with Crippen LogP contribution in [0.15, 0.2) is 11.1 Å². The molecule has 0 spiro atoms. The van der Waals surface area contributed by atoms with Crippen molar-refractivity contribution in [3.05, 3.63) is 27.2 Å². The molecule has 0 aromatic carbocycles. The van der Waals surface area contributed by atoms with Crippen LogP contribution < -0.4 is 11.1 Å². The van der Waals surface area contributed by atoms with Crippen LogP contribution >= 0.6 is 11.3 Å². The number of carboxylic acids is 1. The standard InChI is InChI=1S/C17H22N2O4S/c1-7-5-11(12(17(22)23)6-8(7)2)15(21)19-16-13(14(18)20)9(3)10(4)24-16/h11-12H,5-6H2,1-4H3,(H2,18,20)(H,19,21)(H,22,23)/t11-,12+/m0/s1. The van der Waals surface area contributed by atoms with Crippen LogP contribution in [-0.4, -0.2) is 22.9 Å². The van der Waals surface area contributed by atoms with Crippen molar-refractivity contribution in [1.82, 2.24) is 0 Å². The van der Waals surface area contributed by atoms with Crippen LogP contribution in [0.2, 0.25) is 0 Å². The summed E-state index contributed by atoms with van der Waals surface area (Å²) in [6, 6.07) is 0. The van der Waals surface area contributed by atoms with Crippen molar-refractivity contribution in [3.63, 3.8) is 0 Å². The molecule has 6 nitrogen and oxygen atoms in total. The van der Waals surface area contributed by atoms with Gasteiger partial charge in [0.1, 0.15) is 5.00 Å². The molecule has 0 unspecified atom stereocenters. The molecule has 24 heavy (non-hydrogen) atoms. The van der Waals surface area contributed by atoms with Gasteiger partial charge in [0.2, 0.25) is 5.91 Å². The molecular formula is C17H22N2O4S. The molecule has 1 aromatic rings. The fourth-order valence-corrected chi connectivity index (χ4v) is 4.11.